The number of hydrogen-bond donors (Lipinski definition) is 6. The molecule has 1 amide bonds. The lowest BCUT2D eigenvalue weighted by molar-refractivity contribution is -0.305. The molecular formula is C62H111NO10. The van der Waals surface area contributed by atoms with Gasteiger partial charge in [-0.2, -0.15) is 0 Å². The third-order valence-corrected chi connectivity index (χ3v) is 13.9. The van der Waals surface area contributed by atoms with Crippen molar-refractivity contribution in [2.45, 2.75) is 307 Å². The number of allylic oxidation sites excluding steroid dienone is 9. The molecule has 6 N–H and O–H groups in total. The first-order chi connectivity index (χ1) is 35.7. The van der Waals surface area contributed by atoms with E-state index in [1.165, 1.54) is 135 Å². The first-order valence-corrected chi connectivity index (χ1v) is 30.1. The Morgan fingerprint density at radius 3 is 1.44 bits per heavy atom. The molecule has 1 aliphatic heterocycles. The average Bonchev–Trinajstić information content (AvgIpc) is 3.39. The number of ether oxygens (including phenoxy) is 3. The number of esters is 1. The smallest absolute Gasteiger partial charge is 0.306 e. The fourth-order valence-electron chi connectivity index (χ4n) is 9.10. The van der Waals surface area contributed by atoms with Crippen molar-refractivity contribution in [3.63, 3.8) is 0 Å². The van der Waals surface area contributed by atoms with Gasteiger partial charge in [0.15, 0.2) is 12.4 Å². The van der Waals surface area contributed by atoms with Gasteiger partial charge in [0.2, 0.25) is 5.91 Å². The fourth-order valence-corrected chi connectivity index (χ4v) is 9.10. The molecule has 1 rings (SSSR count). The summed E-state index contributed by atoms with van der Waals surface area (Å²) in [7, 11) is 0. The number of aliphatic hydroxyl groups is 5. The van der Waals surface area contributed by atoms with Crippen molar-refractivity contribution in [1.29, 1.82) is 0 Å². The van der Waals surface area contributed by atoms with Crippen LogP contribution in [-0.4, -0.2) is 99.6 Å². The van der Waals surface area contributed by atoms with E-state index in [0.717, 1.165) is 77.0 Å². The summed E-state index contributed by atoms with van der Waals surface area (Å²) in [4.78, 5) is 26.5. The van der Waals surface area contributed by atoms with Crippen LogP contribution in [0.1, 0.15) is 258 Å². The molecule has 11 nitrogen and oxygen atoms in total. The third kappa shape index (κ3) is 38.5. The molecule has 0 aromatic carbocycles. The van der Waals surface area contributed by atoms with E-state index in [1.807, 2.05) is 6.08 Å². The molecule has 0 radical (unpaired) electrons. The highest BCUT2D eigenvalue weighted by Gasteiger charge is 2.47. The Morgan fingerprint density at radius 1 is 0.534 bits per heavy atom. The first kappa shape index (κ1) is 68.4. The van der Waals surface area contributed by atoms with Gasteiger partial charge < -0.3 is 45.1 Å². The van der Waals surface area contributed by atoms with E-state index < -0.39 is 67.4 Å². The maximum atomic E-state index is 13.4. The minimum absolute atomic E-state index is 0.0857. The summed E-state index contributed by atoms with van der Waals surface area (Å²) in [6, 6.07) is -1.03. The molecule has 0 aliphatic carbocycles. The van der Waals surface area contributed by atoms with Crippen molar-refractivity contribution in [1.82, 2.24) is 5.32 Å². The average molecular weight is 1030 g/mol. The number of rotatable bonds is 50. The fraction of sp³-hybridized carbons (Fsp3) is 0.806. The van der Waals surface area contributed by atoms with E-state index >= 15 is 0 Å². The predicted octanol–water partition coefficient (Wildman–Crippen LogP) is 13.8. The number of nitrogens with one attached hydrogen (secondary N) is 1. The summed E-state index contributed by atoms with van der Waals surface area (Å²) in [5.74, 6) is -1.22. The topological polar surface area (TPSA) is 175 Å². The van der Waals surface area contributed by atoms with E-state index in [0.29, 0.717) is 19.3 Å². The molecule has 1 heterocycles. The maximum Gasteiger partial charge on any atom is 0.306 e. The highest BCUT2D eigenvalue weighted by atomic mass is 16.7. The van der Waals surface area contributed by atoms with Gasteiger partial charge in [-0.1, -0.05) is 242 Å². The van der Waals surface area contributed by atoms with Crippen molar-refractivity contribution < 1.29 is 49.3 Å². The van der Waals surface area contributed by atoms with E-state index in [4.69, 9.17) is 14.2 Å². The van der Waals surface area contributed by atoms with E-state index in [2.05, 4.69) is 74.7 Å². The highest BCUT2D eigenvalue weighted by molar-refractivity contribution is 5.80. The van der Waals surface area contributed by atoms with Gasteiger partial charge in [-0.15, -0.1) is 0 Å². The molecule has 424 valence electrons. The number of amides is 1. The number of carbonyl (C=O) groups excluding carboxylic acids is 2. The zero-order valence-corrected chi connectivity index (χ0v) is 46.7. The number of hydrogen-bond acceptors (Lipinski definition) is 10. The minimum atomic E-state index is -1.63. The van der Waals surface area contributed by atoms with Gasteiger partial charge in [-0.25, -0.2) is 0 Å². The highest BCUT2D eigenvalue weighted by Crippen LogP contribution is 2.26. The number of unbranched alkanes of at least 4 members (excludes halogenated alkanes) is 28. The van der Waals surface area contributed by atoms with Crippen LogP contribution in [0.3, 0.4) is 0 Å². The molecule has 8 unspecified atom stereocenters. The molecule has 0 saturated carbocycles. The molecule has 0 bridgehead atoms. The Morgan fingerprint density at radius 2 is 0.945 bits per heavy atom. The van der Waals surface area contributed by atoms with Crippen LogP contribution in [0, 0.1) is 0 Å². The van der Waals surface area contributed by atoms with Crippen LogP contribution in [0.25, 0.3) is 0 Å². The second kappa shape index (κ2) is 50.2. The summed E-state index contributed by atoms with van der Waals surface area (Å²) >= 11 is 0. The quantitative estimate of drug-likeness (QED) is 0.0195. The van der Waals surface area contributed by atoms with Gasteiger partial charge in [0.25, 0.3) is 0 Å². The van der Waals surface area contributed by atoms with Gasteiger partial charge in [0.1, 0.15) is 24.4 Å². The molecule has 1 aliphatic rings. The third-order valence-electron chi connectivity index (χ3n) is 13.9. The van der Waals surface area contributed by atoms with Crippen LogP contribution in [0.5, 0.6) is 0 Å². The van der Waals surface area contributed by atoms with Crippen LogP contribution in [0.15, 0.2) is 60.8 Å². The van der Waals surface area contributed by atoms with Crippen molar-refractivity contribution in [2.24, 2.45) is 0 Å². The van der Waals surface area contributed by atoms with Crippen molar-refractivity contribution >= 4 is 11.9 Å². The maximum absolute atomic E-state index is 13.4. The van der Waals surface area contributed by atoms with E-state index in [9.17, 15) is 35.1 Å². The lowest BCUT2D eigenvalue weighted by Gasteiger charge is -2.41. The normalized spacial score (nSPS) is 19.8. The molecule has 73 heavy (non-hydrogen) atoms. The Hall–Kier alpha value is -2.64. The van der Waals surface area contributed by atoms with Crippen LogP contribution in [0.2, 0.25) is 0 Å². The summed E-state index contributed by atoms with van der Waals surface area (Å²) in [5, 5.41) is 56.8. The Kier molecular flexibility index (Phi) is 47.0. The Labute approximate surface area is 446 Å². The second-order valence-electron chi connectivity index (χ2n) is 20.7. The van der Waals surface area contributed by atoms with Crippen LogP contribution in [-0.2, 0) is 23.8 Å². The lowest BCUT2D eigenvalue weighted by atomic mass is 9.99. The van der Waals surface area contributed by atoms with Crippen molar-refractivity contribution in [3.8, 4) is 0 Å². The molecule has 0 spiro atoms. The summed E-state index contributed by atoms with van der Waals surface area (Å²) in [5.41, 5.74) is 0. The molecule has 0 aromatic heterocycles. The summed E-state index contributed by atoms with van der Waals surface area (Å²) in [6.07, 6.45) is 51.1. The van der Waals surface area contributed by atoms with Gasteiger partial charge in [0.05, 0.1) is 25.4 Å². The standard InChI is InChI=1S/C62H111NO10/c1-4-7-10-13-16-19-22-24-26-27-28-29-30-32-35-38-41-44-47-50-57(67)73-60-59(69)58(68)56(51-64)72-62(60)71-52-53(54(65)48-45-42-39-36-33-21-18-15-12-9-6-3)63-61(70)55(66)49-46-43-40-37-34-31-25-23-20-17-14-11-8-5-2/h16,19,24,26,28-29,32,35,45,48,53-56,58-60,62,64-66,68-69H,4-15,17-18,20-23,25,27,30-31,33-34,36-44,46-47,49-52H2,1-3H3,(H,63,70)/b19-16-,26-24-,29-28-,35-32-,48-45+. The monoisotopic (exact) mass is 1030 g/mol. The van der Waals surface area contributed by atoms with E-state index in [-0.39, 0.29) is 13.0 Å². The molecule has 1 fully saturated rings. The van der Waals surface area contributed by atoms with Crippen molar-refractivity contribution in [2.75, 3.05) is 13.2 Å². The first-order valence-electron chi connectivity index (χ1n) is 30.1. The lowest BCUT2D eigenvalue weighted by Crippen LogP contribution is -2.61. The molecule has 8 atom stereocenters. The molecule has 0 aromatic rings. The summed E-state index contributed by atoms with van der Waals surface area (Å²) < 4.78 is 17.6. The van der Waals surface area contributed by atoms with Crippen LogP contribution < -0.4 is 5.32 Å². The summed E-state index contributed by atoms with van der Waals surface area (Å²) in [6.45, 7) is 5.73. The largest absolute Gasteiger partial charge is 0.454 e. The Balaban J connectivity index is 2.71. The zero-order valence-electron chi connectivity index (χ0n) is 46.7. The predicted molar refractivity (Wildman–Crippen MR) is 301 cm³/mol. The molecule has 11 heteroatoms. The molecule has 1 saturated heterocycles. The van der Waals surface area contributed by atoms with Gasteiger partial charge in [0, 0.05) is 6.42 Å². The Bertz CT molecular complexity index is 1420. The van der Waals surface area contributed by atoms with Crippen LogP contribution >= 0.6 is 0 Å². The minimum Gasteiger partial charge on any atom is -0.454 e. The molecular weight excluding hydrogens is 919 g/mol. The van der Waals surface area contributed by atoms with E-state index in [1.54, 1.807) is 6.08 Å². The van der Waals surface area contributed by atoms with Gasteiger partial charge >= 0.3 is 5.97 Å². The van der Waals surface area contributed by atoms with Gasteiger partial charge in [-0.3, -0.25) is 9.59 Å². The number of carbonyl (C=O) groups is 2. The second-order valence-corrected chi connectivity index (χ2v) is 20.7. The van der Waals surface area contributed by atoms with Crippen LogP contribution in [0.4, 0.5) is 0 Å². The number of aliphatic hydroxyl groups excluding tert-OH is 5. The van der Waals surface area contributed by atoms with Crippen molar-refractivity contribution in [3.05, 3.63) is 60.8 Å². The zero-order chi connectivity index (χ0) is 53.3. The SMILES string of the molecule is CCCCC/C=C\C/C=C\C/C=C\C/C=C\CCCCCC(=O)OC1C(OCC(NC(=O)C(O)CCCCCCCCCCCCCCCC)C(O)/C=C/CCCCCCCCCCC)OC(CO)C(O)C1O. The van der Waals surface area contributed by atoms with Gasteiger partial charge in [-0.05, 0) is 70.6 Å².